The number of benzene rings is 1. The number of nitrogens with zero attached hydrogens (tertiary/aromatic N) is 2. The first kappa shape index (κ1) is 20.7. The van der Waals surface area contributed by atoms with E-state index in [0.717, 1.165) is 0 Å². The SMILES string of the molecule is CC=C(C(=O)OCC)c1cccc(Oc2nc(OC)cc(OC)n2)c1C(=O)O. The van der Waals surface area contributed by atoms with Crippen LogP contribution < -0.4 is 14.2 Å². The van der Waals surface area contributed by atoms with Crippen molar-refractivity contribution in [3.8, 4) is 23.5 Å². The van der Waals surface area contributed by atoms with E-state index >= 15 is 0 Å². The number of carboxylic acids is 1. The second-order valence-electron chi connectivity index (χ2n) is 5.24. The molecule has 2 rings (SSSR count). The molecule has 0 aliphatic carbocycles. The van der Waals surface area contributed by atoms with Gasteiger partial charge in [0.15, 0.2) is 0 Å². The van der Waals surface area contributed by atoms with E-state index in [-0.39, 0.29) is 46.8 Å². The van der Waals surface area contributed by atoms with E-state index in [4.69, 9.17) is 18.9 Å². The molecule has 0 saturated heterocycles. The summed E-state index contributed by atoms with van der Waals surface area (Å²) in [6, 6.07) is 5.75. The Morgan fingerprint density at radius 2 is 1.79 bits per heavy atom. The standard InChI is InChI=1S/C19H20N2O7/c1-5-11(18(24)27-6-2)12-8-7-9-13(16(12)17(22)23)28-19-20-14(25-3)10-15(21-19)26-4/h5,7-10H,6H2,1-4H3,(H,22,23). The Hall–Kier alpha value is -3.62. The number of rotatable bonds is 8. The third-order valence-corrected chi connectivity index (χ3v) is 3.59. The second-order valence-corrected chi connectivity index (χ2v) is 5.24. The van der Waals surface area contributed by atoms with Gasteiger partial charge in [0.05, 0.1) is 32.5 Å². The lowest BCUT2D eigenvalue weighted by Crippen LogP contribution is -2.12. The van der Waals surface area contributed by atoms with Gasteiger partial charge in [-0.25, -0.2) is 9.59 Å². The lowest BCUT2D eigenvalue weighted by molar-refractivity contribution is -0.136. The fraction of sp³-hybridized carbons (Fsp3) is 0.263. The second kappa shape index (κ2) is 9.36. The summed E-state index contributed by atoms with van der Waals surface area (Å²) >= 11 is 0. The van der Waals surface area contributed by atoms with Crippen molar-refractivity contribution >= 4 is 17.5 Å². The Balaban J connectivity index is 2.55. The van der Waals surface area contributed by atoms with Crippen molar-refractivity contribution < 1.29 is 33.6 Å². The van der Waals surface area contributed by atoms with Crippen LogP contribution >= 0.6 is 0 Å². The number of carbonyl (C=O) groups is 2. The van der Waals surface area contributed by atoms with Crippen LogP contribution in [0.1, 0.15) is 29.8 Å². The van der Waals surface area contributed by atoms with Crippen LogP contribution in [0.2, 0.25) is 0 Å². The highest BCUT2D eigenvalue weighted by molar-refractivity contribution is 6.19. The molecule has 9 nitrogen and oxygen atoms in total. The quantitative estimate of drug-likeness (QED) is 0.538. The maximum Gasteiger partial charge on any atom is 0.340 e. The van der Waals surface area contributed by atoms with Gasteiger partial charge in [0.25, 0.3) is 0 Å². The summed E-state index contributed by atoms with van der Waals surface area (Å²) in [7, 11) is 2.82. The van der Waals surface area contributed by atoms with Gasteiger partial charge in [-0.05, 0) is 19.9 Å². The summed E-state index contributed by atoms with van der Waals surface area (Å²) in [5.41, 5.74) is 0.0312. The van der Waals surface area contributed by atoms with Crippen LogP contribution in [-0.2, 0) is 9.53 Å². The summed E-state index contributed by atoms with van der Waals surface area (Å²) in [6.07, 6.45) is 1.48. The Bertz CT molecular complexity index is 887. The zero-order valence-corrected chi connectivity index (χ0v) is 15.9. The predicted octanol–water partition coefficient (Wildman–Crippen LogP) is 2.95. The Kier molecular flexibility index (Phi) is 6.91. The van der Waals surface area contributed by atoms with Crippen LogP contribution in [0.5, 0.6) is 23.5 Å². The van der Waals surface area contributed by atoms with Gasteiger partial charge in [-0.3, -0.25) is 0 Å². The van der Waals surface area contributed by atoms with Gasteiger partial charge in [0.2, 0.25) is 11.8 Å². The van der Waals surface area contributed by atoms with E-state index in [1.807, 2.05) is 0 Å². The number of hydrogen-bond donors (Lipinski definition) is 1. The molecule has 0 radical (unpaired) electrons. The molecule has 1 aromatic carbocycles. The first-order valence-electron chi connectivity index (χ1n) is 8.30. The molecule has 148 valence electrons. The number of aromatic nitrogens is 2. The van der Waals surface area contributed by atoms with Crippen LogP contribution in [0.3, 0.4) is 0 Å². The molecule has 0 spiro atoms. The zero-order valence-electron chi connectivity index (χ0n) is 15.9. The van der Waals surface area contributed by atoms with Gasteiger partial charge in [-0.15, -0.1) is 0 Å². The molecule has 1 N–H and O–H groups in total. The fourth-order valence-corrected chi connectivity index (χ4v) is 2.39. The van der Waals surface area contributed by atoms with Crippen molar-refractivity contribution in [3.63, 3.8) is 0 Å². The molecule has 0 unspecified atom stereocenters. The summed E-state index contributed by atoms with van der Waals surface area (Å²) in [6.45, 7) is 3.43. The number of hydrogen-bond acceptors (Lipinski definition) is 8. The van der Waals surface area contributed by atoms with E-state index in [0.29, 0.717) is 0 Å². The molecular weight excluding hydrogens is 368 g/mol. The zero-order chi connectivity index (χ0) is 20.7. The molecule has 28 heavy (non-hydrogen) atoms. The number of allylic oxidation sites excluding steroid dienone is 1. The molecule has 0 saturated carbocycles. The molecule has 1 aromatic heterocycles. The van der Waals surface area contributed by atoms with E-state index in [1.54, 1.807) is 19.9 Å². The fourth-order valence-electron chi connectivity index (χ4n) is 2.39. The van der Waals surface area contributed by atoms with E-state index < -0.39 is 11.9 Å². The third kappa shape index (κ3) is 4.56. The van der Waals surface area contributed by atoms with Crippen LogP contribution in [0.25, 0.3) is 5.57 Å². The number of methoxy groups -OCH3 is 2. The molecule has 0 aliphatic rings. The maximum absolute atomic E-state index is 12.2. The van der Waals surface area contributed by atoms with Crippen molar-refractivity contribution in [2.75, 3.05) is 20.8 Å². The van der Waals surface area contributed by atoms with E-state index in [2.05, 4.69) is 9.97 Å². The van der Waals surface area contributed by atoms with Crippen LogP contribution in [0.15, 0.2) is 30.3 Å². The third-order valence-electron chi connectivity index (χ3n) is 3.59. The van der Waals surface area contributed by atoms with Crippen molar-refractivity contribution in [3.05, 3.63) is 41.5 Å². The largest absolute Gasteiger partial charge is 0.481 e. The maximum atomic E-state index is 12.2. The lowest BCUT2D eigenvalue weighted by atomic mass is 9.98. The average Bonchev–Trinajstić information content (AvgIpc) is 2.68. The van der Waals surface area contributed by atoms with Crippen molar-refractivity contribution in [1.29, 1.82) is 0 Å². The minimum atomic E-state index is -1.29. The van der Waals surface area contributed by atoms with Crippen molar-refractivity contribution in [1.82, 2.24) is 9.97 Å². The minimum Gasteiger partial charge on any atom is -0.481 e. The number of carboxylic acid groups (broad SMARTS) is 1. The molecule has 2 aromatic rings. The summed E-state index contributed by atoms with van der Waals surface area (Å²) in [5, 5.41) is 9.73. The monoisotopic (exact) mass is 388 g/mol. The van der Waals surface area contributed by atoms with Crippen LogP contribution in [0.4, 0.5) is 0 Å². The molecule has 0 fully saturated rings. The lowest BCUT2D eigenvalue weighted by Gasteiger charge is -2.14. The van der Waals surface area contributed by atoms with Crippen molar-refractivity contribution in [2.24, 2.45) is 0 Å². The molecule has 0 atom stereocenters. The Morgan fingerprint density at radius 1 is 1.14 bits per heavy atom. The highest BCUT2D eigenvalue weighted by atomic mass is 16.5. The van der Waals surface area contributed by atoms with Gasteiger partial charge < -0.3 is 24.1 Å². The van der Waals surface area contributed by atoms with Gasteiger partial charge >= 0.3 is 17.9 Å². The summed E-state index contributed by atoms with van der Waals surface area (Å²) in [5.74, 6) is -1.62. The molecular formula is C19H20N2O7. The molecule has 1 heterocycles. The number of aromatic carboxylic acids is 1. The average molecular weight is 388 g/mol. The molecule has 9 heteroatoms. The number of ether oxygens (including phenoxy) is 4. The van der Waals surface area contributed by atoms with Gasteiger partial charge in [0.1, 0.15) is 11.3 Å². The van der Waals surface area contributed by atoms with Crippen LogP contribution in [0, 0.1) is 0 Å². The van der Waals surface area contributed by atoms with Gasteiger partial charge in [-0.1, -0.05) is 18.2 Å². The highest BCUT2D eigenvalue weighted by Crippen LogP contribution is 2.32. The first-order chi connectivity index (χ1) is 13.4. The van der Waals surface area contributed by atoms with E-state index in [1.165, 1.54) is 38.5 Å². The van der Waals surface area contributed by atoms with Gasteiger partial charge in [0, 0.05) is 5.56 Å². The first-order valence-corrected chi connectivity index (χ1v) is 8.30. The highest BCUT2D eigenvalue weighted by Gasteiger charge is 2.24. The number of carbonyl (C=O) groups excluding carboxylic acids is 1. The van der Waals surface area contributed by atoms with Crippen LogP contribution in [-0.4, -0.2) is 47.8 Å². The molecule has 0 aliphatic heterocycles. The predicted molar refractivity (Wildman–Crippen MR) is 98.9 cm³/mol. The topological polar surface area (TPSA) is 117 Å². The van der Waals surface area contributed by atoms with E-state index in [9.17, 15) is 14.7 Å². The van der Waals surface area contributed by atoms with Gasteiger partial charge in [-0.2, -0.15) is 9.97 Å². The Labute approximate surface area is 161 Å². The molecule has 0 bridgehead atoms. The normalized spacial score (nSPS) is 10.9. The summed E-state index contributed by atoms with van der Waals surface area (Å²) < 4.78 is 20.7. The minimum absolute atomic E-state index is 0.0519. The smallest absolute Gasteiger partial charge is 0.340 e. The van der Waals surface area contributed by atoms with Crippen molar-refractivity contribution in [2.45, 2.75) is 13.8 Å². The summed E-state index contributed by atoms with van der Waals surface area (Å²) in [4.78, 5) is 32.2. The Morgan fingerprint density at radius 3 is 2.29 bits per heavy atom. The number of esters is 1. The molecule has 0 amide bonds.